The van der Waals surface area contributed by atoms with Crippen molar-refractivity contribution in [3.8, 4) is 0 Å². The molecule has 0 bridgehead atoms. The van der Waals surface area contributed by atoms with Crippen LogP contribution in [0.4, 0.5) is 5.69 Å². The molecule has 4 nitrogen and oxygen atoms in total. The zero-order valence-corrected chi connectivity index (χ0v) is 9.94. The summed E-state index contributed by atoms with van der Waals surface area (Å²) in [5.74, 6) is -0.606. The van der Waals surface area contributed by atoms with Crippen molar-refractivity contribution in [2.75, 3.05) is 12.8 Å². The second-order valence-corrected chi connectivity index (χ2v) is 3.75. The highest BCUT2D eigenvalue weighted by molar-refractivity contribution is 9.10. The van der Waals surface area contributed by atoms with Crippen LogP contribution in [0.25, 0.3) is 0 Å². The molecule has 0 saturated heterocycles. The Morgan fingerprint density at radius 2 is 2.21 bits per heavy atom. The summed E-state index contributed by atoms with van der Waals surface area (Å²) in [6, 6.07) is 0. The molecule has 1 rings (SSSR count). The lowest BCUT2D eigenvalue weighted by atomic mass is 10.2. The third kappa shape index (κ3) is 1.83. The summed E-state index contributed by atoms with van der Waals surface area (Å²) in [5, 5.41) is 0.228. The molecule has 0 fully saturated rings. The van der Waals surface area contributed by atoms with Gasteiger partial charge in [-0.15, -0.1) is 0 Å². The van der Waals surface area contributed by atoms with E-state index in [0.29, 0.717) is 10.0 Å². The Bertz CT molecular complexity index is 395. The average molecular weight is 280 g/mol. The Kier molecular flexibility index (Phi) is 3.34. The average Bonchev–Trinajstić information content (AvgIpc) is 2.19. The lowest BCUT2D eigenvalue weighted by molar-refractivity contribution is 0.0595. The molecule has 0 saturated carbocycles. The largest absolute Gasteiger partial charge is 0.464 e. The fraction of sp³-hybridized carbons (Fsp3) is 0.250. The summed E-state index contributed by atoms with van der Waals surface area (Å²) < 4.78 is 5.07. The first-order chi connectivity index (χ1) is 6.49. The maximum Gasteiger partial charge on any atom is 0.358 e. The minimum absolute atomic E-state index is 0.0231. The first-order valence-corrected chi connectivity index (χ1v) is 4.85. The number of nitrogen functional groups attached to an aromatic ring is 1. The number of halogens is 2. The SMILES string of the molecule is COC(=O)c1nc(Cl)c(C)c(Br)c1N. The van der Waals surface area contributed by atoms with Crippen molar-refractivity contribution in [1.29, 1.82) is 0 Å². The molecule has 1 heterocycles. The monoisotopic (exact) mass is 278 g/mol. The summed E-state index contributed by atoms with van der Waals surface area (Å²) in [4.78, 5) is 15.0. The van der Waals surface area contributed by atoms with E-state index in [1.54, 1.807) is 6.92 Å². The van der Waals surface area contributed by atoms with E-state index in [0.717, 1.165) is 0 Å². The smallest absolute Gasteiger partial charge is 0.358 e. The molecule has 1 aromatic heterocycles. The van der Waals surface area contributed by atoms with Crippen LogP contribution in [0.3, 0.4) is 0 Å². The molecule has 2 N–H and O–H groups in total. The van der Waals surface area contributed by atoms with Crippen LogP contribution in [0.5, 0.6) is 0 Å². The zero-order chi connectivity index (χ0) is 10.9. The van der Waals surface area contributed by atoms with Crippen molar-refractivity contribution < 1.29 is 9.53 Å². The predicted molar refractivity (Wildman–Crippen MR) is 57.4 cm³/mol. The van der Waals surface area contributed by atoms with Gasteiger partial charge >= 0.3 is 5.97 Å². The van der Waals surface area contributed by atoms with Gasteiger partial charge in [-0.2, -0.15) is 0 Å². The fourth-order valence-corrected chi connectivity index (χ4v) is 1.56. The van der Waals surface area contributed by atoms with Gasteiger partial charge in [0, 0.05) is 10.0 Å². The Balaban J connectivity index is 3.40. The standard InChI is InChI=1S/C8H8BrClN2O2/c1-3-4(9)5(11)6(8(13)14-2)12-7(3)10/h11H2,1-2H3. The summed E-state index contributed by atoms with van der Waals surface area (Å²) in [6.45, 7) is 1.75. The highest BCUT2D eigenvalue weighted by Gasteiger charge is 2.18. The van der Waals surface area contributed by atoms with Gasteiger partial charge in [0.1, 0.15) is 5.15 Å². The number of rotatable bonds is 1. The number of anilines is 1. The molecule has 0 aromatic carbocycles. The Morgan fingerprint density at radius 1 is 1.64 bits per heavy atom. The van der Waals surface area contributed by atoms with Crippen molar-refractivity contribution in [3.63, 3.8) is 0 Å². The van der Waals surface area contributed by atoms with E-state index in [1.807, 2.05) is 0 Å². The maximum absolute atomic E-state index is 11.2. The van der Waals surface area contributed by atoms with E-state index in [-0.39, 0.29) is 16.5 Å². The van der Waals surface area contributed by atoms with Crippen molar-refractivity contribution in [1.82, 2.24) is 4.98 Å². The Hall–Kier alpha value is -0.810. The number of esters is 1. The molecule has 0 radical (unpaired) electrons. The number of methoxy groups -OCH3 is 1. The third-order valence-corrected chi connectivity index (χ3v) is 3.11. The van der Waals surface area contributed by atoms with Crippen LogP contribution in [0.15, 0.2) is 4.47 Å². The number of nitrogens with two attached hydrogens (primary N) is 1. The Labute approximate surface area is 94.5 Å². The van der Waals surface area contributed by atoms with Crippen LogP contribution < -0.4 is 5.73 Å². The van der Waals surface area contributed by atoms with E-state index in [4.69, 9.17) is 17.3 Å². The summed E-state index contributed by atoms with van der Waals surface area (Å²) >= 11 is 9.01. The number of nitrogens with zero attached hydrogens (tertiary/aromatic N) is 1. The number of hydrogen-bond acceptors (Lipinski definition) is 4. The first kappa shape index (κ1) is 11.3. The molecule has 0 aliphatic heterocycles. The van der Waals surface area contributed by atoms with Crippen LogP contribution in [-0.4, -0.2) is 18.1 Å². The quantitative estimate of drug-likeness (QED) is 0.632. The van der Waals surface area contributed by atoms with Gasteiger partial charge in [-0.05, 0) is 22.9 Å². The summed E-state index contributed by atoms with van der Waals surface area (Å²) in [6.07, 6.45) is 0. The number of pyridine rings is 1. The minimum Gasteiger partial charge on any atom is -0.464 e. The summed E-state index contributed by atoms with van der Waals surface area (Å²) in [7, 11) is 1.26. The van der Waals surface area contributed by atoms with E-state index < -0.39 is 5.97 Å². The molecular weight excluding hydrogens is 271 g/mol. The van der Waals surface area contributed by atoms with Gasteiger partial charge in [-0.3, -0.25) is 0 Å². The van der Waals surface area contributed by atoms with Gasteiger partial charge in [-0.25, -0.2) is 9.78 Å². The molecule has 76 valence electrons. The van der Waals surface area contributed by atoms with Gasteiger partial charge < -0.3 is 10.5 Å². The minimum atomic E-state index is -0.606. The van der Waals surface area contributed by atoms with Gasteiger partial charge in [0.2, 0.25) is 0 Å². The number of carbonyl (C=O) groups is 1. The van der Waals surface area contributed by atoms with Crippen molar-refractivity contribution in [2.24, 2.45) is 0 Å². The number of hydrogen-bond donors (Lipinski definition) is 1. The second-order valence-electron chi connectivity index (χ2n) is 2.60. The second kappa shape index (κ2) is 4.14. The molecule has 1 aromatic rings. The maximum atomic E-state index is 11.2. The Morgan fingerprint density at radius 3 is 2.71 bits per heavy atom. The van der Waals surface area contributed by atoms with E-state index >= 15 is 0 Å². The van der Waals surface area contributed by atoms with Crippen molar-refractivity contribution >= 4 is 39.2 Å². The number of ether oxygens (including phenoxy) is 1. The highest BCUT2D eigenvalue weighted by Crippen LogP contribution is 2.30. The molecule has 0 aliphatic rings. The molecule has 0 aliphatic carbocycles. The predicted octanol–water partition coefficient (Wildman–Crippen LogP) is 2.17. The number of aromatic nitrogens is 1. The third-order valence-electron chi connectivity index (χ3n) is 1.72. The molecular formula is C8H8BrClN2O2. The van der Waals surface area contributed by atoms with Crippen LogP contribution >= 0.6 is 27.5 Å². The lowest BCUT2D eigenvalue weighted by Gasteiger charge is -2.08. The van der Waals surface area contributed by atoms with Crippen LogP contribution in [0.2, 0.25) is 5.15 Å². The van der Waals surface area contributed by atoms with Gasteiger partial charge in [0.25, 0.3) is 0 Å². The molecule has 6 heteroatoms. The summed E-state index contributed by atoms with van der Waals surface area (Å²) in [5.41, 5.74) is 6.61. The van der Waals surface area contributed by atoms with Gasteiger partial charge in [0.15, 0.2) is 5.69 Å². The van der Waals surface area contributed by atoms with E-state index in [9.17, 15) is 4.79 Å². The zero-order valence-electron chi connectivity index (χ0n) is 7.60. The van der Waals surface area contributed by atoms with Gasteiger partial charge in [0.05, 0.1) is 12.8 Å². The van der Waals surface area contributed by atoms with E-state index in [1.165, 1.54) is 7.11 Å². The van der Waals surface area contributed by atoms with Crippen LogP contribution in [-0.2, 0) is 4.74 Å². The highest BCUT2D eigenvalue weighted by atomic mass is 79.9. The van der Waals surface area contributed by atoms with E-state index in [2.05, 4.69) is 25.7 Å². The normalized spacial score (nSPS) is 10.0. The molecule has 14 heavy (non-hydrogen) atoms. The first-order valence-electron chi connectivity index (χ1n) is 3.68. The van der Waals surface area contributed by atoms with Crippen molar-refractivity contribution in [2.45, 2.75) is 6.92 Å². The molecule has 0 unspecified atom stereocenters. The van der Waals surface area contributed by atoms with Crippen molar-refractivity contribution in [3.05, 3.63) is 20.9 Å². The van der Waals surface area contributed by atoms with Crippen LogP contribution in [0, 0.1) is 6.92 Å². The topological polar surface area (TPSA) is 65.2 Å². The van der Waals surface area contributed by atoms with Gasteiger partial charge in [-0.1, -0.05) is 11.6 Å². The van der Waals surface area contributed by atoms with Crippen LogP contribution in [0.1, 0.15) is 16.1 Å². The molecule has 0 amide bonds. The molecule has 0 spiro atoms. The number of carbonyl (C=O) groups excluding carboxylic acids is 1. The molecule has 0 atom stereocenters. The fourth-order valence-electron chi connectivity index (χ4n) is 0.891. The lowest BCUT2D eigenvalue weighted by Crippen LogP contribution is -2.10.